The van der Waals surface area contributed by atoms with Crippen LogP contribution in [0.5, 0.6) is 0 Å². The third-order valence-electron chi connectivity index (χ3n) is 5.28. The minimum absolute atomic E-state index is 0. The van der Waals surface area contributed by atoms with Gasteiger partial charge in [0, 0.05) is 45.7 Å². The van der Waals surface area contributed by atoms with Crippen LogP contribution in [0, 0.1) is 0 Å². The summed E-state index contributed by atoms with van der Waals surface area (Å²) in [5, 5.41) is 3.44. The molecule has 1 amide bonds. The third kappa shape index (κ3) is 6.36. The predicted octanol–water partition coefficient (Wildman–Crippen LogP) is 3.42. The number of halogens is 1. The van der Waals surface area contributed by atoms with Gasteiger partial charge in [-0.25, -0.2) is 0 Å². The number of amides is 1. The minimum Gasteiger partial charge on any atom is -0.357 e. The van der Waals surface area contributed by atoms with Crippen LogP contribution < -0.4 is 5.32 Å². The monoisotopic (exact) mass is 484 g/mol. The summed E-state index contributed by atoms with van der Waals surface area (Å²) < 4.78 is 0. The molecule has 0 radical (unpaired) electrons. The van der Waals surface area contributed by atoms with Crippen LogP contribution in [-0.4, -0.2) is 54.4 Å². The average Bonchev–Trinajstić information content (AvgIpc) is 2.88. The number of fused-ring (bicyclic) bond motifs is 1. The first-order valence-electron chi connectivity index (χ1n) is 10.2. The lowest BCUT2D eigenvalue weighted by molar-refractivity contribution is -0.130. The minimum atomic E-state index is 0. The molecule has 150 valence electrons. The molecule has 0 aromatic heterocycles. The van der Waals surface area contributed by atoms with Crippen LogP contribution in [0.1, 0.15) is 50.2 Å². The van der Waals surface area contributed by atoms with Gasteiger partial charge >= 0.3 is 0 Å². The molecule has 2 heterocycles. The summed E-state index contributed by atoms with van der Waals surface area (Å²) in [6, 6.07) is 8.69. The highest BCUT2D eigenvalue weighted by Crippen LogP contribution is 2.18. The molecule has 27 heavy (non-hydrogen) atoms. The van der Waals surface area contributed by atoms with Crippen LogP contribution in [0.4, 0.5) is 0 Å². The number of hydrogen-bond donors (Lipinski definition) is 1. The van der Waals surface area contributed by atoms with Gasteiger partial charge in [0.25, 0.3) is 0 Å². The summed E-state index contributed by atoms with van der Waals surface area (Å²) in [6.45, 7) is 7.45. The first-order valence-corrected chi connectivity index (χ1v) is 10.2. The van der Waals surface area contributed by atoms with Crippen LogP contribution in [-0.2, 0) is 17.8 Å². The number of likely N-dealkylation sites (tertiary alicyclic amines) is 1. The molecule has 0 bridgehead atoms. The number of nitrogens with one attached hydrogen (secondary N) is 1. The van der Waals surface area contributed by atoms with Gasteiger partial charge < -0.3 is 15.1 Å². The van der Waals surface area contributed by atoms with E-state index < -0.39 is 0 Å². The number of carbonyl (C=O) groups excluding carboxylic acids is 1. The molecule has 0 aliphatic carbocycles. The standard InChI is InChI=1S/C21H32N4O.HI/c1-2-22-21(25-16-12-18-9-5-6-10-19(18)17-25)23-13-8-15-24-14-7-3-4-11-20(24)26;/h5-6,9-10H,2-4,7-8,11-17H2,1H3,(H,22,23);1H. The Morgan fingerprint density at radius 2 is 1.93 bits per heavy atom. The highest BCUT2D eigenvalue weighted by Gasteiger charge is 2.19. The zero-order valence-corrected chi connectivity index (χ0v) is 18.8. The van der Waals surface area contributed by atoms with Crippen molar-refractivity contribution in [2.75, 3.05) is 32.7 Å². The lowest BCUT2D eigenvalue weighted by Crippen LogP contribution is -2.44. The van der Waals surface area contributed by atoms with Crippen LogP contribution >= 0.6 is 24.0 Å². The fourth-order valence-corrected chi connectivity index (χ4v) is 3.82. The molecule has 0 unspecified atom stereocenters. The average molecular weight is 484 g/mol. The maximum atomic E-state index is 12.1. The van der Waals surface area contributed by atoms with Gasteiger partial charge in [-0.2, -0.15) is 0 Å². The molecule has 2 aliphatic rings. The topological polar surface area (TPSA) is 47.9 Å². The Labute approximate surface area is 180 Å². The molecule has 2 aliphatic heterocycles. The quantitative estimate of drug-likeness (QED) is 0.302. The molecule has 0 saturated carbocycles. The van der Waals surface area contributed by atoms with Crippen LogP contribution in [0.25, 0.3) is 0 Å². The first-order chi connectivity index (χ1) is 12.8. The second-order valence-corrected chi connectivity index (χ2v) is 7.22. The second-order valence-electron chi connectivity index (χ2n) is 7.22. The Kier molecular flexibility index (Phi) is 9.38. The summed E-state index contributed by atoms with van der Waals surface area (Å²) in [5.74, 6) is 1.33. The molecular weight excluding hydrogens is 451 g/mol. The van der Waals surface area contributed by atoms with Crippen LogP contribution in [0.15, 0.2) is 29.3 Å². The van der Waals surface area contributed by atoms with Crippen molar-refractivity contribution in [1.29, 1.82) is 0 Å². The maximum absolute atomic E-state index is 12.1. The van der Waals surface area contributed by atoms with E-state index in [2.05, 4.69) is 41.4 Å². The van der Waals surface area contributed by atoms with Crippen molar-refractivity contribution < 1.29 is 4.79 Å². The molecule has 6 heteroatoms. The smallest absolute Gasteiger partial charge is 0.222 e. The van der Waals surface area contributed by atoms with Crippen molar-refractivity contribution in [2.24, 2.45) is 4.99 Å². The Hall–Kier alpha value is -1.31. The Morgan fingerprint density at radius 3 is 2.74 bits per heavy atom. The second kappa shape index (κ2) is 11.5. The van der Waals surface area contributed by atoms with E-state index in [0.717, 1.165) is 77.3 Å². The van der Waals surface area contributed by atoms with Gasteiger partial charge in [0.1, 0.15) is 0 Å². The van der Waals surface area contributed by atoms with Gasteiger partial charge in [0.05, 0.1) is 0 Å². The summed E-state index contributed by atoms with van der Waals surface area (Å²) in [4.78, 5) is 21.3. The van der Waals surface area contributed by atoms with Crippen molar-refractivity contribution in [1.82, 2.24) is 15.1 Å². The van der Waals surface area contributed by atoms with Crippen molar-refractivity contribution >= 4 is 35.8 Å². The summed E-state index contributed by atoms with van der Waals surface area (Å²) in [7, 11) is 0. The van der Waals surface area contributed by atoms with Gasteiger partial charge in [-0.1, -0.05) is 30.7 Å². The fraction of sp³-hybridized carbons (Fsp3) is 0.619. The number of benzene rings is 1. The Morgan fingerprint density at radius 1 is 1.11 bits per heavy atom. The molecule has 1 fully saturated rings. The Bertz CT molecular complexity index is 634. The van der Waals surface area contributed by atoms with Crippen LogP contribution in [0.2, 0.25) is 0 Å². The number of carbonyl (C=O) groups is 1. The van der Waals surface area contributed by atoms with Crippen molar-refractivity contribution in [3.63, 3.8) is 0 Å². The van der Waals surface area contributed by atoms with Gasteiger partial charge in [0.2, 0.25) is 5.91 Å². The van der Waals surface area contributed by atoms with E-state index in [9.17, 15) is 4.79 Å². The highest BCUT2D eigenvalue weighted by molar-refractivity contribution is 14.0. The van der Waals surface area contributed by atoms with E-state index in [-0.39, 0.29) is 24.0 Å². The summed E-state index contributed by atoms with van der Waals surface area (Å²) in [5.41, 5.74) is 2.86. The van der Waals surface area contributed by atoms with Crippen molar-refractivity contribution in [3.05, 3.63) is 35.4 Å². The summed E-state index contributed by atoms with van der Waals surface area (Å²) >= 11 is 0. The molecule has 0 spiro atoms. The molecule has 3 rings (SSSR count). The first kappa shape index (κ1) is 22.0. The fourth-order valence-electron chi connectivity index (χ4n) is 3.82. The van der Waals surface area contributed by atoms with E-state index in [1.807, 2.05) is 4.90 Å². The van der Waals surface area contributed by atoms with Gasteiger partial charge in [0.15, 0.2) is 5.96 Å². The molecule has 1 aromatic rings. The SMILES string of the molecule is CCNC(=NCCCN1CCCCCC1=O)N1CCc2ccccc2C1.I. The molecule has 1 N–H and O–H groups in total. The van der Waals surface area contributed by atoms with E-state index in [1.54, 1.807) is 0 Å². The zero-order chi connectivity index (χ0) is 18.2. The number of nitrogens with zero attached hydrogens (tertiary/aromatic N) is 3. The number of aliphatic imine (C=N–C) groups is 1. The molecule has 0 atom stereocenters. The van der Waals surface area contributed by atoms with Gasteiger partial charge in [-0.3, -0.25) is 9.79 Å². The van der Waals surface area contributed by atoms with Gasteiger partial charge in [-0.05, 0) is 43.7 Å². The third-order valence-corrected chi connectivity index (χ3v) is 5.28. The largest absolute Gasteiger partial charge is 0.357 e. The van der Waals surface area contributed by atoms with E-state index in [4.69, 9.17) is 4.99 Å². The number of guanidine groups is 1. The van der Waals surface area contributed by atoms with E-state index >= 15 is 0 Å². The van der Waals surface area contributed by atoms with E-state index in [1.165, 1.54) is 17.5 Å². The Balaban J connectivity index is 0.00000261. The lowest BCUT2D eigenvalue weighted by Gasteiger charge is -2.31. The number of hydrogen-bond acceptors (Lipinski definition) is 2. The molecular formula is C21H33IN4O. The molecule has 1 aromatic carbocycles. The lowest BCUT2D eigenvalue weighted by atomic mass is 10.0. The maximum Gasteiger partial charge on any atom is 0.222 e. The molecule has 5 nitrogen and oxygen atoms in total. The van der Waals surface area contributed by atoms with Crippen molar-refractivity contribution in [2.45, 2.75) is 52.0 Å². The zero-order valence-electron chi connectivity index (χ0n) is 16.5. The number of rotatable bonds is 5. The van der Waals surface area contributed by atoms with E-state index in [0.29, 0.717) is 5.91 Å². The van der Waals surface area contributed by atoms with Crippen molar-refractivity contribution in [3.8, 4) is 0 Å². The summed E-state index contributed by atoms with van der Waals surface area (Å²) in [6.07, 6.45) is 6.10. The molecule has 1 saturated heterocycles. The normalized spacial score (nSPS) is 17.8. The van der Waals surface area contributed by atoms with Gasteiger partial charge in [-0.15, -0.1) is 24.0 Å². The van der Waals surface area contributed by atoms with Crippen LogP contribution in [0.3, 0.4) is 0 Å². The predicted molar refractivity (Wildman–Crippen MR) is 122 cm³/mol. The highest BCUT2D eigenvalue weighted by atomic mass is 127.